The van der Waals surface area contributed by atoms with Crippen LogP contribution in [-0.2, 0) is 0 Å². The van der Waals surface area contributed by atoms with E-state index in [9.17, 15) is 0 Å². The Morgan fingerprint density at radius 3 is 2.21 bits per heavy atom. The molecule has 0 heterocycles. The lowest BCUT2D eigenvalue weighted by Gasteiger charge is -2.28. The van der Waals surface area contributed by atoms with E-state index in [-0.39, 0.29) is 11.9 Å². The molecule has 0 saturated heterocycles. The molecule has 0 aromatic carbocycles. The molecule has 3 N–H and O–H groups in total. The Labute approximate surface area is 87.6 Å². The fourth-order valence-corrected chi connectivity index (χ4v) is 1.31. The maximum absolute atomic E-state index is 7.42. The standard InChI is InChI=1S/C10H24N4/c1-5-6-14(8-7-13(3)4)9(2)10(11)12/h9H,5-8H2,1-4H3,(H3,11,12). The fourth-order valence-electron chi connectivity index (χ4n) is 1.31. The Morgan fingerprint density at radius 2 is 1.86 bits per heavy atom. The molecule has 0 bridgehead atoms. The number of likely N-dealkylation sites (N-methyl/N-ethyl adjacent to an activating group) is 1. The zero-order valence-electron chi connectivity index (χ0n) is 9.88. The molecule has 0 aliphatic rings. The van der Waals surface area contributed by atoms with Gasteiger partial charge in [-0.2, -0.15) is 0 Å². The van der Waals surface area contributed by atoms with Crippen LogP contribution in [0.4, 0.5) is 0 Å². The number of nitrogens with two attached hydrogens (primary N) is 1. The third-order valence-corrected chi connectivity index (χ3v) is 2.34. The van der Waals surface area contributed by atoms with E-state index in [2.05, 4.69) is 30.8 Å². The normalized spacial score (nSPS) is 13.6. The quantitative estimate of drug-likeness (QED) is 0.467. The molecule has 0 saturated carbocycles. The fraction of sp³-hybridized carbons (Fsp3) is 0.900. The molecule has 4 heteroatoms. The lowest BCUT2D eigenvalue weighted by Crippen LogP contribution is -2.45. The molecular formula is C10H24N4. The van der Waals surface area contributed by atoms with Crippen LogP contribution in [0.25, 0.3) is 0 Å². The minimum Gasteiger partial charge on any atom is -0.386 e. The summed E-state index contributed by atoms with van der Waals surface area (Å²) in [5, 5.41) is 7.42. The second-order valence-corrected chi connectivity index (χ2v) is 3.97. The van der Waals surface area contributed by atoms with Crippen molar-refractivity contribution in [2.24, 2.45) is 5.73 Å². The first-order valence-electron chi connectivity index (χ1n) is 5.21. The van der Waals surface area contributed by atoms with Crippen LogP contribution in [-0.4, -0.2) is 55.4 Å². The lowest BCUT2D eigenvalue weighted by molar-refractivity contribution is 0.223. The second kappa shape index (κ2) is 6.79. The number of nitrogens with zero attached hydrogens (tertiary/aromatic N) is 2. The average molecular weight is 200 g/mol. The Hall–Kier alpha value is -0.610. The van der Waals surface area contributed by atoms with Gasteiger partial charge in [0.25, 0.3) is 0 Å². The zero-order valence-corrected chi connectivity index (χ0v) is 9.88. The van der Waals surface area contributed by atoms with Crippen LogP contribution < -0.4 is 5.73 Å². The lowest BCUT2D eigenvalue weighted by atomic mass is 10.2. The van der Waals surface area contributed by atoms with E-state index in [1.165, 1.54) is 0 Å². The summed E-state index contributed by atoms with van der Waals surface area (Å²) in [6, 6.07) is 0.0647. The second-order valence-electron chi connectivity index (χ2n) is 3.97. The smallest absolute Gasteiger partial charge is 0.108 e. The zero-order chi connectivity index (χ0) is 11.1. The topological polar surface area (TPSA) is 56.4 Å². The highest BCUT2D eigenvalue weighted by Gasteiger charge is 2.14. The number of hydrogen-bond acceptors (Lipinski definition) is 3. The van der Waals surface area contributed by atoms with Crippen molar-refractivity contribution in [2.45, 2.75) is 26.3 Å². The van der Waals surface area contributed by atoms with Gasteiger partial charge >= 0.3 is 0 Å². The van der Waals surface area contributed by atoms with Crippen molar-refractivity contribution in [2.75, 3.05) is 33.7 Å². The minimum absolute atomic E-state index is 0.0647. The van der Waals surface area contributed by atoms with E-state index in [1.807, 2.05) is 6.92 Å². The summed E-state index contributed by atoms with van der Waals surface area (Å²) in [5.41, 5.74) is 5.50. The Morgan fingerprint density at radius 1 is 1.29 bits per heavy atom. The Bertz CT molecular complexity index is 168. The SMILES string of the molecule is CCCN(CCN(C)C)C(C)C(=N)N. The van der Waals surface area contributed by atoms with Crippen molar-refractivity contribution in [3.05, 3.63) is 0 Å². The molecule has 0 aliphatic carbocycles. The highest BCUT2D eigenvalue weighted by molar-refractivity contribution is 5.82. The maximum atomic E-state index is 7.42. The predicted octanol–water partition coefficient (Wildman–Crippen LogP) is 0.584. The summed E-state index contributed by atoms with van der Waals surface area (Å²) in [4.78, 5) is 4.40. The van der Waals surface area contributed by atoms with Crippen molar-refractivity contribution >= 4 is 5.84 Å². The predicted molar refractivity (Wildman–Crippen MR) is 61.8 cm³/mol. The molecule has 0 aliphatic heterocycles. The first-order valence-corrected chi connectivity index (χ1v) is 5.21. The number of amidine groups is 1. The van der Waals surface area contributed by atoms with Gasteiger partial charge in [0.05, 0.1) is 6.04 Å². The van der Waals surface area contributed by atoms with E-state index >= 15 is 0 Å². The number of hydrogen-bond donors (Lipinski definition) is 2. The molecule has 0 spiro atoms. The van der Waals surface area contributed by atoms with Crippen molar-refractivity contribution in [3.8, 4) is 0 Å². The van der Waals surface area contributed by atoms with Gasteiger partial charge in [0.15, 0.2) is 0 Å². The summed E-state index contributed by atoms with van der Waals surface area (Å²) >= 11 is 0. The van der Waals surface area contributed by atoms with Gasteiger partial charge in [-0.15, -0.1) is 0 Å². The summed E-state index contributed by atoms with van der Waals surface area (Å²) in [5.74, 6) is 0.261. The molecular weight excluding hydrogens is 176 g/mol. The molecule has 0 fully saturated rings. The molecule has 1 unspecified atom stereocenters. The molecule has 0 radical (unpaired) electrons. The number of rotatable bonds is 7. The van der Waals surface area contributed by atoms with E-state index in [1.54, 1.807) is 0 Å². The maximum Gasteiger partial charge on any atom is 0.108 e. The van der Waals surface area contributed by atoms with Crippen LogP contribution in [0.1, 0.15) is 20.3 Å². The van der Waals surface area contributed by atoms with E-state index in [4.69, 9.17) is 11.1 Å². The average Bonchev–Trinajstić information content (AvgIpc) is 2.10. The first-order chi connectivity index (χ1) is 6.49. The van der Waals surface area contributed by atoms with Gasteiger partial charge in [0.2, 0.25) is 0 Å². The van der Waals surface area contributed by atoms with E-state index < -0.39 is 0 Å². The van der Waals surface area contributed by atoms with Gasteiger partial charge < -0.3 is 10.6 Å². The first kappa shape index (κ1) is 13.4. The molecule has 14 heavy (non-hydrogen) atoms. The monoisotopic (exact) mass is 200 g/mol. The molecule has 0 amide bonds. The minimum atomic E-state index is 0.0647. The Balaban J connectivity index is 4.06. The third kappa shape index (κ3) is 5.19. The van der Waals surface area contributed by atoms with Gasteiger partial charge in [-0.05, 0) is 34.0 Å². The summed E-state index contributed by atoms with van der Waals surface area (Å²) in [7, 11) is 4.12. The van der Waals surface area contributed by atoms with Crippen molar-refractivity contribution < 1.29 is 0 Å². The highest BCUT2D eigenvalue weighted by atomic mass is 15.2. The van der Waals surface area contributed by atoms with Crippen LogP contribution in [0.2, 0.25) is 0 Å². The highest BCUT2D eigenvalue weighted by Crippen LogP contribution is 2.00. The molecule has 1 atom stereocenters. The van der Waals surface area contributed by atoms with Gasteiger partial charge in [0.1, 0.15) is 5.84 Å². The molecule has 0 aromatic heterocycles. The van der Waals surface area contributed by atoms with Gasteiger partial charge in [-0.1, -0.05) is 6.92 Å². The summed E-state index contributed by atoms with van der Waals surface area (Å²) < 4.78 is 0. The summed E-state index contributed by atoms with van der Waals surface area (Å²) in [6.45, 7) is 7.14. The van der Waals surface area contributed by atoms with Gasteiger partial charge in [-0.3, -0.25) is 10.3 Å². The Kier molecular flexibility index (Phi) is 6.49. The molecule has 0 rings (SSSR count). The van der Waals surface area contributed by atoms with Crippen molar-refractivity contribution in [1.29, 1.82) is 5.41 Å². The van der Waals surface area contributed by atoms with Crippen LogP contribution in [0.3, 0.4) is 0 Å². The summed E-state index contributed by atoms with van der Waals surface area (Å²) in [6.07, 6.45) is 1.10. The van der Waals surface area contributed by atoms with Gasteiger partial charge in [-0.25, -0.2) is 0 Å². The van der Waals surface area contributed by atoms with Crippen LogP contribution in [0, 0.1) is 5.41 Å². The van der Waals surface area contributed by atoms with Crippen LogP contribution in [0.5, 0.6) is 0 Å². The van der Waals surface area contributed by atoms with Crippen LogP contribution >= 0.6 is 0 Å². The number of nitrogens with one attached hydrogen (secondary N) is 1. The molecule has 4 nitrogen and oxygen atoms in total. The van der Waals surface area contributed by atoms with Crippen LogP contribution in [0.15, 0.2) is 0 Å². The molecule has 0 aromatic rings. The largest absolute Gasteiger partial charge is 0.386 e. The van der Waals surface area contributed by atoms with E-state index in [0.29, 0.717) is 0 Å². The van der Waals surface area contributed by atoms with E-state index in [0.717, 1.165) is 26.1 Å². The third-order valence-electron chi connectivity index (χ3n) is 2.34. The van der Waals surface area contributed by atoms with Crippen molar-refractivity contribution in [1.82, 2.24) is 9.80 Å². The van der Waals surface area contributed by atoms with Gasteiger partial charge in [0, 0.05) is 13.1 Å². The van der Waals surface area contributed by atoms with Crippen molar-refractivity contribution in [3.63, 3.8) is 0 Å². The molecule has 84 valence electrons.